The van der Waals surface area contributed by atoms with Gasteiger partial charge in [0, 0.05) is 19.3 Å². The van der Waals surface area contributed by atoms with Crippen molar-refractivity contribution < 1.29 is 23.5 Å². The standard InChI is InChI=1S/C23H35FO4/c1-2-3-12-18-27-22(25)15-8-6-4-5-7-9-16-23(26)28-19-17-20-13-10-11-14-21(20)24/h10-11,13-14H,2-9,12,15-19H2,1H3. The van der Waals surface area contributed by atoms with Gasteiger partial charge in [0.25, 0.3) is 0 Å². The van der Waals surface area contributed by atoms with Crippen LogP contribution >= 0.6 is 0 Å². The number of unbranched alkanes of at least 4 members (excludes halogenated alkanes) is 7. The predicted octanol–water partition coefficient (Wildman–Crippen LogP) is 5.77. The van der Waals surface area contributed by atoms with E-state index in [0.717, 1.165) is 57.8 Å². The Bertz CT molecular complexity index is 559. The van der Waals surface area contributed by atoms with Crippen molar-refractivity contribution in [3.05, 3.63) is 35.6 Å². The molecule has 0 aliphatic heterocycles. The zero-order chi connectivity index (χ0) is 20.5. The van der Waals surface area contributed by atoms with Crippen LogP contribution < -0.4 is 0 Å². The summed E-state index contributed by atoms with van der Waals surface area (Å²) < 4.78 is 23.8. The van der Waals surface area contributed by atoms with Gasteiger partial charge in [0.1, 0.15) is 5.82 Å². The zero-order valence-electron chi connectivity index (χ0n) is 17.2. The maximum atomic E-state index is 13.5. The molecule has 0 fully saturated rings. The van der Waals surface area contributed by atoms with Crippen molar-refractivity contribution in [3.8, 4) is 0 Å². The molecule has 0 amide bonds. The quantitative estimate of drug-likeness (QED) is 0.264. The number of carbonyl (C=O) groups excluding carboxylic acids is 2. The molecule has 1 aromatic carbocycles. The maximum Gasteiger partial charge on any atom is 0.305 e. The van der Waals surface area contributed by atoms with Crippen molar-refractivity contribution in [2.24, 2.45) is 0 Å². The summed E-state index contributed by atoms with van der Waals surface area (Å²) in [6.07, 6.45) is 10.3. The molecule has 1 rings (SSSR count). The number of esters is 2. The molecule has 0 aromatic heterocycles. The van der Waals surface area contributed by atoms with Gasteiger partial charge >= 0.3 is 11.9 Å². The largest absolute Gasteiger partial charge is 0.466 e. The first kappa shape index (κ1) is 24.1. The van der Waals surface area contributed by atoms with Gasteiger partial charge in [0.2, 0.25) is 0 Å². The minimum Gasteiger partial charge on any atom is -0.466 e. The third kappa shape index (κ3) is 12.5. The molecule has 0 N–H and O–H groups in total. The van der Waals surface area contributed by atoms with E-state index in [2.05, 4.69) is 6.92 Å². The summed E-state index contributed by atoms with van der Waals surface area (Å²) in [4.78, 5) is 23.2. The Morgan fingerprint density at radius 3 is 1.96 bits per heavy atom. The van der Waals surface area contributed by atoms with E-state index in [-0.39, 0.29) is 24.4 Å². The van der Waals surface area contributed by atoms with Gasteiger partial charge in [-0.05, 0) is 30.9 Å². The van der Waals surface area contributed by atoms with Crippen LogP contribution in [0.25, 0.3) is 0 Å². The van der Waals surface area contributed by atoms with Crippen LogP contribution in [0.4, 0.5) is 4.39 Å². The molecule has 0 heterocycles. The summed E-state index contributed by atoms with van der Waals surface area (Å²) >= 11 is 0. The van der Waals surface area contributed by atoms with Crippen molar-refractivity contribution in [2.75, 3.05) is 13.2 Å². The second-order valence-electron chi connectivity index (χ2n) is 7.11. The lowest BCUT2D eigenvalue weighted by Gasteiger charge is -2.06. The topological polar surface area (TPSA) is 52.6 Å². The molecule has 5 heteroatoms. The number of ether oxygens (including phenoxy) is 2. The Morgan fingerprint density at radius 1 is 0.786 bits per heavy atom. The lowest BCUT2D eigenvalue weighted by Crippen LogP contribution is -2.08. The first-order valence-corrected chi connectivity index (χ1v) is 10.7. The summed E-state index contributed by atoms with van der Waals surface area (Å²) in [5.41, 5.74) is 0.570. The summed E-state index contributed by atoms with van der Waals surface area (Å²) in [5.74, 6) is -0.570. The van der Waals surface area contributed by atoms with E-state index in [1.807, 2.05) is 0 Å². The number of benzene rings is 1. The van der Waals surface area contributed by atoms with Gasteiger partial charge < -0.3 is 9.47 Å². The highest BCUT2D eigenvalue weighted by molar-refractivity contribution is 5.69. The molecule has 0 aliphatic rings. The van der Waals surface area contributed by atoms with Crippen LogP contribution in [0.3, 0.4) is 0 Å². The van der Waals surface area contributed by atoms with E-state index in [9.17, 15) is 14.0 Å². The molecule has 0 unspecified atom stereocenters. The lowest BCUT2D eigenvalue weighted by molar-refractivity contribution is -0.144. The highest BCUT2D eigenvalue weighted by Crippen LogP contribution is 2.11. The van der Waals surface area contributed by atoms with Gasteiger partial charge in [-0.2, -0.15) is 0 Å². The average Bonchev–Trinajstić information content (AvgIpc) is 2.69. The monoisotopic (exact) mass is 394 g/mol. The van der Waals surface area contributed by atoms with Crippen LogP contribution in [0, 0.1) is 5.82 Å². The minimum atomic E-state index is -0.261. The van der Waals surface area contributed by atoms with Gasteiger partial charge in [0.15, 0.2) is 0 Å². The van der Waals surface area contributed by atoms with Crippen molar-refractivity contribution in [1.82, 2.24) is 0 Å². The number of halogens is 1. The van der Waals surface area contributed by atoms with Gasteiger partial charge in [-0.15, -0.1) is 0 Å². The smallest absolute Gasteiger partial charge is 0.305 e. The van der Waals surface area contributed by atoms with Crippen LogP contribution in [-0.4, -0.2) is 25.2 Å². The number of rotatable bonds is 16. The number of hydrogen-bond donors (Lipinski definition) is 0. The predicted molar refractivity (Wildman–Crippen MR) is 108 cm³/mol. The third-order valence-electron chi connectivity index (χ3n) is 4.62. The first-order valence-electron chi connectivity index (χ1n) is 10.7. The van der Waals surface area contributed by atoms with Crippen LogP contribution in [0.2, 0.25) is 0 Å². The molecule has 28 heavy (non-hydrogen) atoms. The van der Waals surface area contributed by atoms with Gasteiger partial charge in [-0.1, -0.05) is 63.6 Å². The molecule has 1 aromatic rings. The summed E-state index contributed by atoms with van der Waals surface area (Å²) in [6.45, 7) is 2.89. The second kappa shape index (κ2) is 16.1. The molecule has 0 bridgehead atoms. The van der Waals surface area contributed by atoms with E-state index < -0.39 is 0 Å². The molecule has 0 radical (unpaired) electrons. The van der Waals surface area contributed by atoms with Gasteiger partial charge in [-0.3, -0.25) is 9.59 Å². The fourth-order valence-electron chi connectivity index (χ4n) is 2.90. The molecule has 158 valence electrons. The molecule has 0 saturated heterocycles. The second-order valence-corrected chi connectivity index (χ2v) is 7.11. The van der Waals surface area contributed by atoms with E-state index >= 15 is 0 Å². The molecular weight excluding hydrogens is 359 g/mol. The van der Waals surface area contributed by atoms with Crippen LogP contribution in [-0.2, 0) is 25.5 Å². The van der Waals surface area contributed by atoms with Crippen LogP contribution in [0.5, 0.6) is 0 Å². The normalized spacial score (nSPS) is 10.6. The highest BCUT2D eigenvalue weighted by Gasteiger charge is 2.06. The summed E-state index contributed by atoms with van der Waals surface area (Å²) in [6, 6.07) is 6.53. The fraction of sp³-hybridized carbons (Fsp3) is 0.652. The van der Waals surface area contributed by atoms with Crippen molar-refractivity contribution in [1.29, 1.82) is 0 Å². The Hall–Kier alpha value is -1.91. The molecule has 0 spiro atoms. The zero-order valence-corrected chi connectivity index (χ0v) is 17.2. The van der Waals surface area contributed by atoms with Crippen molar-refractivity contribution in [2.45, 2.75) is 84.0 Å². The SMILES string of the molecule is CCCCCOC(=O)CCCCCCCCC(=O)OCCc1ccccc1F. The maximum absolute atomic E-state index is 13.5. The average molecular weight is 395 g/mol. The summed E-state index contributed by atoms with van der Waals surface area (Å²) in [7, 11) is 0. The van der Waals surface area contributed by atoms with E-state index in [1.54, 1.807) is 18.2 Å². The summed E-state index contributed by atoms with van der Waals surface area (Å²) in [5, 5.41) is 0. The lowest BCUT2D eigenvalue weighted by atomic mass is 10.1. The molecule has 0 saturated carbocycles. The van der Waals surface area contributed by atoms with Crippen molar-refractivity contribution >= 4 is 11.9 Å². The van der Waals surface area contributed by atoms with Gasteiger partial charge in [0.05, 0.1) is 13.2 Å². The number of carbonyl (C=O) groups is 2. The Balaban J connectivity index is 1.89. The Kier molecular flexibility index (Phi) is 13.9. The molecule has 0 atom stereocenters. The Morgan fingerprint density at radius 2 is 1.36 bits per heavy atom. The van der Waals surface area contributed by atoms with E-state index in [1.165, 1.54) is 6.07 Å². The minimum absolute atomic E-state index is 0.0887. The van der Waals surface area contributed by atoms with Crippen LogP contribution in [0.15, 0.2) is 24.3 Å². The van der Waals surface area contributed by atoms with Crippen LogP contribution in [0.1, 0.15) is 83.1 Å². The van der Waals surface area contributed by atoms with E-state index in [0.29, 0.717) is 31.4 Å². The molecule has 4 nitrogen and oxygen atoms in total. The first-order chi connectivity index (χ1) is 13.6. The van der Waals surface area contributed by atoms with Crippen molar-refractivity contribution in [3.63, 3.8) is 0 Å². The molecule has 0 aliphatic carbocycles. The van der Waals surface area contributed by atoms with Gasteiger partial charge in [-0.25, -0.2) is 4.39 Å². The number of hydrogen-bond acceptors (Lipinski definition) is 4. The third-order valence-corrected chi connectivity index (χ3v) is 4.62. The molecular formula is C23H35FO4. The highest BCUT2D eigenvalue weighted by atomic mass is 19.1. The Labute approximate surface area is 168 Å². The van der Waals surface area contributed by atoms with E-state index in [4.69, 9.17) is 9.47 Å². The fourth-order valence-corrected chi connectivity index (χ4v) is 2.90.